The lowest BCUT2D eigenvalue weighted by molar-refractivity contribution is -0.118. The van der Waals surface area contributed by atoms with Crippen molar-refractivity contribution in [1.29, 1.82) is 0 Å². The highest BCUT2D eigenvalue weighted by atomic mass is 16.1. The van der Waals surface area contributed by atoms with E-state index >= 15 is 0 Å². The first kappa shape index (κ1) is 11.5. The predicted octanol–water partition coefficient (Wildman–Crippen LogP) is 1.37. The van der Waals surface area contributed by atoms with Gasteiger partial charge in [-0.2, -0.15) is 0 Å². The molecule has 3 aromatic rings. The minimum absolute atomic E-state index is 0.199. The molecule has 1 aromatic carbocycles. The number of nitrogens with two attached hydrogens (primary N) is 1. The Morgan fingerprint density at radius 3 is 2.89 bits per heavy atom. The van der Waals surface area contributed by atoms with Gasteiger partial charge in [0.25, 0.3) is 0 Å². The van der Waals surface area contributed by atoms with Crippen LogP contribution in [0.4, 0.5) is 0 Å². The summed E-state index contributed by atoms with van der Waals surface area (Å²) < 4.78 is 3.89. The maximum absolute atomic E-state index is 11.1. The van der Waals surface area contributed by atoms with E-state index in [1.165, 1.54) is 0 Å². The van der Waals surface area contributed by atoms with Crippen molar-refractivity contribution in [2.24, 2.45) is 5.73 Å². The molecule has 1 amide bonds. The van der Waals surface area contributed by atoms with E-state index in [1.54, 1.807) is 12.5 Å². The van der Waals surface area contributed by atoms with E-state index in [4.69, 9.17) is 5.73 Å². The smallest absolute Gasteiger partial charge is 0.237 e. The van der Waals surface area contributed by atoms with Crippen molar-refractivity contribution in [2.75, 3.05) is 0 Å². The standard InChI is InChI=1S/C14H14N4O/c15-14(19)9-18-8-11(7-17-6-5-16-10-17)12-3-1-2-4-13(12)18/h1-6,8,10H,7,9H2,(H2,15,19). The monoisotopic (exact) mass is 254 g/mol. The molecule has 0 fully saturated rings. The van der Waals surface area contributed by atoms with Gasteiger partial charge in [0.05, 0.1) is 12.9 Å². The maximum Gasteiger partial charge on any atom is 0.237 e. The van der Waals surface area contributed by atoms with Gasteiger partial charge in [0.1, 0.15) is 6.54 Å². The predicted molar refractivity (Wildman–Crippen MR) is 72.5 cm³/mol. The van der Waals surface area contributed by atoms with Crippen LogP contribution in [-0.2, 0) is 17.9 Å². The van der Waals surface area contributed by atoms with Crippen molar-refractivity contribution in [3.8, 4) is 0 Å². The molecule has 5 heteroatoms. The van der Waals surface area contributed by atoms with Crippen LogP contribution < -0.4 is 5.73 Å². The lowest BCUT2D eigenvalue weighted by Gasteiger charge is -2.00. The molecule has 96 valence electrons. The van der Waals surface area contributed by atoms with Crippen LogP contribution in [0.1, 0.15) is 5.56 Å². The molecule has 0 spiro atoms. The van der Waals surface area contributed by atoms with Gasteiger partial charge in [-0.05, 0) is 11.6 Å². The van der Waals surface area contributed by atoms with Gasteiger partial charge in [0.2, 0.25) is 5.91 Å². The fourth-order valence-electron chi connectivity index (χ4n) is 2.32. The van der Waals surface area contributed by atoms with Crippen molar-refractivity contribution in [3.05, 3.63) is 54.7 Å². The topological polar surface area (TPSA) is 65.8 Å². The van der Waals surface area contributed by atoms with Gasteiger partial charge in [-0.3, -0.25) is 4.79 Å². The van der Waals surface area contributed by atoms with Gasteiger partial charge in [-0.1, -0.05) is 18.2 Å². The van der Waals surface area contributed by atoms with Crippen LogP contribution in [0.15, 0.2) is 49.2 Å². The average Bonchev–Trinajstić information content (AvgIpc) is 2.99. The second kappa shape index (κ2) is 4.61. The second-order valence-corrected chi connectivity index (χ2v) is 4.50. The molecule has 19 heavy (non-hydrogen) atoms. The third-order valence-electron chi connectivity index (χ3n) is 3.11. The fraction of sp³-hybridized carbons (Fsp3) is 0.143. The molecule has 0 aliphatic rings. The number of nitrogens with zero attached hydrogens (tertiary/aromatic N) is 3. The van der Waals surface area contributed by atoms with E-state index in [-0.39, 0.29) is 12.5 Å². The number of benzene rings is 1. The van der Waals surface area contributed by atoms with Gasteiger partial charge in [0, 0.05) is 29.5 Å². The maximum atomic E-state index is 11.1. The molecule has 2 heterocycles. The van der Waals surface area contributed by atoms with Crippen LogP contribution in [0, 0.1) is 0 Å². The van der Waals surface area contributed by atoms with Crippen molar-refractivity contribution < 1.29 is 4.79 Å². The number of amides is 1. The van der Waals surface area contributed by atoms with Gasteiger partial charge >= 0.3 is 0 Å². The summed E-state index contributed by atoms with van der Waals surface area (Å²) in [6.45, 7) is 0.927. The summed E-state index contributed by atoms with van der Waals surface area (Å²) in [6.07, 6.45) is 7.43. The van der Waals surface area contributed by atoms with E-state index < -0.39 is 0 Å². The molecule has 5 nitrogen and oxygen atoms in total. The highest BCUT2D eigenvalue weighted by Crippen LogP contribution is 2.22. The second-order valence-electron chi connectivity index (χ2n) is 4.50. The number of imidazole rings is 1. The highest BCUT2D eigenvalue weighted by molar-refractivity contribution is 5.85. The molecular weight excluding hydrogens is 240 g/mol. The molecule has 0 aliphatic heterocycles. The molecular formula is C14H14N4O. The quantitative estimate of drug-likeness (QED) is 0.764. The molecule has 0 saturated carbocycles. The zero-order valence-electron chi connectivity index (χ0n) is 10.4. The first-order valence-corrected chi connectivity index (χ1v) is 6.05. The lowest BCUT2D eigenvalue weighted by Crippen LogP contribution is -2.17. The first-order chi connectivity index (χ1) is 9.24. The average molecular weight is 254 g/mol. The van der Waals surface area contributed by atoms with E-state index in [0.717, 1.165) is 23.0 Å². The Labute approximate surface area is 110 Å². The number of fused-ring (bicyclic) bond motifs is 1. The van der Waals surface area contributed by atoms with Gasteiger partial charge in [0.15, 0.2) is 0 Å². The van der Waals surface area contributed by atoms with Crippen molar-refractivity contribution in [2.45, 2.75) is 13.1 Å². The summed E-state index contributed by atoms with van der Waals surface area (Å²) in [4.78, 5) is 15.2. The minimum atomic E-state index is -0.338. The van der Waals surface area contributed by atoms with Crippen molar-refractivity contribution in [3.63, 3.8) is 0 Å². The summed E-state index contributed by atoms with van der Waals surface area (Å²) in [5, 5.41) is 1.14. The Bertz CT molecular complexity index is 712. The van der Waals surface area contributed by atoms with E-state index in [9.17, 15) is 4.79 Å². The van der Waals surface area contributed by atoms with Crippen LogP contribution in [0.2, 0.25) is 0 Å². The fourth-order valence-corrected chi connectivity index (χ4v) is 2.32. The summed E-state index contributed by atoms with van der Waals surface area (Å²) in [5.41, 5.74) is 7.46. The Morgan fingerprint density at radius 2 is 2.16 bits per heavy atom. The molecule has 0 bridgehead atoms. The van der Waals surface area contributed by atoms with Crippen LogP contribution in [0.25, 0.3) is 10.9 Å². The molecule has 3 rings (SSSR count). The van der Waals surface area contributed by atoms with Gasteiger partial charge in [-0.25, -0.2) is 4.98 Å². The first-order valence-electron chi connectivity index (χ1n) is 6.05. The van der Waals surface area contributed by atoms with Crippen molar-refractivity contribution in [1.82, 2.24) is 14.1 Å². The van der Waals surface area contributed by atoms with E-state index in [2.05, 4.69) is 11.1 Å². The number of primary amides is 1. The summed E-state index contributed by atoms with van der Waals surface area (Å²) >= 11 is 0. The summed E-state index contributed by atoms with van der Waals surface area (Å²) in [7, 11) is 0. The summed E-state index contributed by atoms with van der Waals surface area (Å²) in [5.74, 6) is -0.338. The Morgan fingerprint density at radius 1 is 1.32 bits per heavy atom. The van der Waals surface area contributed by atoms with Crippen molar-refractivity contribution >= 4 is 16.8 Å². The molecule has 2 aromatic heterocycles. The Balaban J connectivity index is 2.06. The van der Waals surface area contributed by atoms with Crippen LogP contribution in [0.5, 0.6) is 0 Å². The number of carbonyl (C=O) groups excluding carboxylic acids is 1. The zero-order chi connectivity index (χ0) is 13.2. The molecule has 0 saturated heterocycles. The zero-order valence-corrected chi connectivity index (χ0v) is 10.4. The number of hydrogen-bond donors (Lipinski definition) is 1. The minimum Gasteiger partial charge on any atom is -0.368 e. The normalized spacial score (nSPS) is 10.9. The molecule has 2 N–H and O–H groups in total. The van der Waals surface area contributed by atoms with E-state index in [0.29, 0.717) is 0 Å². The summed E-state index contributed by atoms with van der Waals surface area (Å²) in [6, 6.07) is 8.00. The number of rotatable bonds is 4. The number of carbonyl (C=O) groups is 1. The van der Waals surface area contributed by atoms with Crippen LogP contribution in [0.3, 0.4) is 0 Å². The Hall–Kier alpha value is -2.56. The third kappa shape index (κ3) is 2.22. The largest absolute Gasteiger partial charge is 0.368 e. The highest BCUT2D eigenvalue weighted by Gasteiger charge is 2.09. The number of aromatic nitrogens is 3. The molecule has 0 atom stereocenters. The van der Waals surface area contributed by atoms with Gasteiger partial charge < -0.3 is 14.9 Å². The number of para-hydroxylation sites is 1. The number of hydrogen-bond acceptors (Lipinski definition) is 2. The SMILES string of the molecule is NC(=O)Cn1cc(Cn2ccnc2)c2ccccc21. The third-order valence-corrected chi connectivity index (χ3v) is 3.11. The van der Waals surface area contributed by atoms with Crippen LogP contribution in [-0.4, -0.2) is 20.0 Å². The van der Waals surface area contributed by atoms with Crippen LogP contribution >= 0.6 is 0 Å². The molecule has 0 aliphatic carbocycles. The lowest BCUT2D eigenvalue weighted by atomic mass is 10.2. The molecule has 0 radical (unpaired) electrons. The van der Waals surface area contributed by atoms with Gasteiger partial charge in [-0.15, -0.1) is 0 Å². The van der Waals surface area contributed by atoms with E-state index in [1.807, 2.05) is 39.7 Å². The molecule has 0 unspecified atom stereocenters. The Kier molecular flexibility index (Phi) is 2.79.